The number of nitrogens with one attached hydrogen (secondary N) is 2. The van der Waals surface area contributed by atoms with Gasteiger partial charge >= 0.3 is 0 Å². The van der Waals surface area contributed by atoms with Crippen LogP contribution in [-0.2, 0) is 14.9 Å². The molecule has 1 aromatic rings. The van der Waals surface area contributed by atoms with Crippen LogP contribution in [0.3, 0.4) is 0 Å². The van der Waals surface area contributed by atoms with Crippen molar-refractivity contribution in [3.8, 4) is 0 Å². The first kappa shape index (κ1) is 15.7. The molecule has 1 aromatic carbocycles. The highest BCUT2D eigenvalue weighted by atomic mass is 79.9. The van der Waals surface area contributed by atoms with Gasteiger partial charge in [0.05, 0.1) is 18.0 Å². The maximum atomic E-state index is 11.7. The van der Waals surface area contributed by atoms with Crippen molar-refractivity contribution in [2.45, 2.75) is 0 Å². The number of halogens is 2. The maximum Gasteiger partial charge on any atom is 0.299 e. The van der Waals surface area contributed by atoms with E-state index in [2.05, 4.69) is 41.3 Å². The van der Waals surface area contributed by atoms with Gasteiger partial charge < -0.3 is 10.5 Å². The van der Waals surface area contributed by atoms with Crippen molar-refractivity contribution >= 4 is 53.4 Å². The molecule has 0 saturated heterocycles. The fourth-order valence-corrected chi connectivity index (χ4v) is 3.56. The van der Waals surface area contributed by atoms with E-state index >= 15 is 0 Å². The summed E-state index contributed by atoms with van der Waals surface area (Å²) in [5.74, 6) is 0. The Hall–Kier alpha value is -0.350. The Labute approximate surface area is 123 Å². The molecule has 0 heterocycles. The summed E-state index contributed by atoms with van der Waals surface area (Å²) in [5.41, 5.74) is 6.35. The Morgan fingerprint density at radius 2 is 2.06 bits per heavy atom. The van der Waals surface area contributed by atoms with Crippen molar-refractivity contribution < 1.29 is 13.2 Å². The van der Waals surface area contributed by atoms with E-state index in [0.29, 0.717) is 15.8 Å². The number of nitrogens with two attached hydrogens (primary N) is 1. The fourth-order valence-electron chi connectivity index (χ4n) is 1.15. The summed E-state index contributed by atoms with van der Waals surface area (Å²) in [6, 6.07) is 3.31. The zero-order valence-electron chi connectivity index (χ0n) is 9.54. The maximum absolute atomic E-state index is 11.7. The van der Waals surface area contributed by atoms with Gasteiger partial charge in [-0.05, 0) is 28.1 Å². The number of hydrogen-bond donors (Lipinski definition) is 3. The lowest BCUT2D eigenvalue weighted by Gasteiger charge is -2.13. The number of ether oxygens (including phenoxy) is 1. The Morgan fingerprint density at radius 1 is 1.39 bits per heavy atom. The van der Waals surface area contributed by atoms with Crippen LogP contribution in [0.4, 0.5) is 11.4 Å². The molecule has 102 valence electrons. The average Bonchev–Trinajstić information content (AvgIpc) is 2.23. The Kier molecular flexibility index (Phi) is 5.86. The largest absolute Gasteiger partial charge is 0.397 e. The van der Waals surface area contributed by atoms with Crippen LogP contribution >= 0.6 is 31.9 Å². The van der Waals surface area contributed by atoms with Crippen LogP contribution < -0.4 is 15.2 Å². The SMILES string of the molecule is COCCNS(=O)(=O)Nc1c(N)cc(Br)cc1Br. The zero-order valence-corrected chi connectivity index (χ0v) is 13.5. The van der Waals surface area contributed by atoms with Crippen LogP contribution in [-0.4, -0.2) is 28.7 Å². The Balaban J connectivity index is 2.84. The van der Waals surface area contributed by atoms with Crippen LogP contribution in [0.15, 0.2) is 21.1 Å². The number of anilines is 2. The smallest absolute Gasteiger partial charge is 0.299 e. The Bertz CT molecular complexity index is 499. The average molecular weight is 403 g/mol. The number of hydrogen-bond acceptors (Lipinski definition) is 4. The van der Waals surface area contributed by atoms with Crippen molar-refractivity contribution in [3.63, 3.8) is 0 Å². The quantitative estimate of drug-likeness (QED) is 0.498. The molecule has 0 aromatic heterocycles. The van der Waals surface area contributed by atoms with Gasteiger partial charge in [-0.2, -0.15) is 13.1 Å². The summed E-state index contributed by atoms with van der Waals surface area (Å²) in [4.78, 5) is 0. The second-order valence-corrected chi connectivity index (χ2v) is 6.61. The molecule has 0 aliphatic heterocycles. The molecule has 0 bridgehead atoms. The molecule has 0 spiro atoms. The van der Waals surface area contributed by atoms with Gasteiger partial charge in [-0.15, -0.1) is 0 Å². The topological polar surface area (TPSA) is 93.4 Å². The molecule has 0 aliphatic carbocycles. The lowest BCUT2D eigenvalue weighted by atomic mass is 10.3. The highest BCUT2D eigenvalue weighted by Crippen LogP contribution is 2.32. The first-order chi connectivity index (χ1) is 8.35. The van der Waals surface area contributed by atoms with Crippen LogP contribution in [0.2, 0.25) is 0 Å². The molecule has 0 unspecified atom stereocenters. The summed E-state index contributed by atoms with van der Waals surface area (Å²) in [6.45, 7) is 0.470. The van der Waals surface area contributed by atoms with Crippen molar-refractivity contribution in [2.24, 2.45) is 0 Å². The van der Waals surface area contributed by atoms with Gasteiger partial charge in [0.25, 0.3) is 10.2 Å². The highest BCUT2D eigenvalue weighted by molar-refractivity contribution is 9.11. The molecule has 0 aliphatic rings. The molecule has 0 atom stereocenters. The van der Waals surface area contributed by atoms with E-state index in [9.17, 15) is 8.42 Å². The normalized spacial score (nSPS) is 11.5. The van der Waals surface area contributed by atoms with Crippen LogP contribution in [0.25, 0.3) is 0 Å². The minimum Gasteiger partial charge on any atom is -0.397 e. The van der Waals surface area contributed by atoms with Crippen molar-refractivity contribution in [3.05, 3.63) is 21.1 Å². The molecule has 0 saturated carbocycles. The first-order valence-corrected chi connectivity index (χ1v) is 7.93. The lowest BCUT2D eigenvalue weighted by molar-refractivity contribution is 0.204. The predicted molar refractivity (Wildman–Crippen MR) is 78.7 cm³/mol. The number of methoxy groups -OCH3 is 1. The molecule has 0 fully saturated rings. The van der Waals surface area contributed by atoms with E-state index < -0.39 is 10.2 Å². The molecule has 6 nitrogen and oxygen atoms in total. The lowest BCUT2D eigenvalue weighted by Crippen LogP contribution is -2.32. The van der Waals surface area contributed by atoms with Gasteiger partial charge in [-0.1, -0.05) is 15.9 Å². The van der Waals surface area contributed by atoms with Crippen molar-refractivity contribution in [1.82, 2.24) is 4.72 Å². The third kappa shape index (κ3) is 4.73. The summed E-state index contributed by atoms with van der Waals surface area (Å²) < 4.78 is 34.1. The van der Waals surface area contributed by atoms with Crippen LogP contribution in [0, 0.1) is 0 Å². The second-order valence-electron chi connectivity index (χ2n) is 3.34. The fraction of sp³-hybridized carbons (Fsp3) is 0.333. The van der Waals surface area contributed by atoms with Gasteiger partial charge in [-0.25, -0.2) is 0 Å². The van der Waals surface area contributed by atoms with E-state index in [1.54, 1.807) is 12.1 Å². The summed E-state index contributed by atoms with van der Waals surface area (Å²) in [5, 5.41) is 0. The first-order valence-electron chi connectivity index (χ1n) is 4.86. The van der Waals surface area contributed by atoms with Gasteiger partial charge in [0.15, 0.2) is 0 Å². The van der Waals surface area contributed by atoms with Gasteiger partial charge in [0.1, 0.15) is 0 Å². The molecule has 1 rings (SSSR count). The highest BCUT2D eigenvalue weighted by Gasteiger charge is 2.14. The molecular formula is C9H13Br2N3O3S. The number of nitrogen functional groups attached to an aromatic ring is 1. The monoisotopic (exact) mass is 401 g/mol. The summed E-state index contributed by atoms with van der Waals surface area (Å²) in [7, 11) is -2.18. The van der Waals surface area contributed by atoms with E-state index in [1.165, 1.54) is 7.11 Å². The van der Waals surface area contributed by atoms with Gasteiger partial charge in [0.2, 0.25) is 0 Å². The van der Waals surface area contributed by atoms with Crippen LogP contribution in [0.1, 0.15) is 0 Å². The molecule has 4 N–H and O–H groups in total. The van der Waals surface area contributed by atoms with Crippen LogP contribution in [0.5, 0.6) is 0 Å². The van der Waals surface area contributed by atoms with Gasteiger partial charge in [-0.3, -0.25) is 4.72 Å². The zero-order chi connectivity index (χ0) is 13.8. The van der Waals surface area contributed by atoms with E-state index in [-0.39, 0.29) is 13.2 Å². The summed E-state index contributed by atoms with van der Waals surface area (Å²) in [6.07, 6.45) is 0. The number of benzene rings is 1. The van der Waals surface area contributed by atoms with Crippen molar-refractivity contribution in [1.29, 1.82) is 0 Å². The van der Waals surface area contributed by atoms with E-state index in [0.717, 1.165) is 4.47 Å². The second kappa shape index (κ2) is 6.71. The van der Waals surface area contributed by atoms with Gasteiger partial charge in [0, 0.05) is 22.6 Å². The minimum absolute atomic E-state index is 0.180. The van der Waals surface area contributed by atoms with E-state index in [1.807, 2.05) is 0 Å². The third-order valence-electron chi connectivity index (χ3n) is 1.92. The standard InChI is InChI=1S/C9H13Br2N3O3S/c1-17-3-2-13-18(15,16)14-9-7(11)4-6(10)5-8(9)12/h4-5,13-14H,2-3,12H2,1H3. The molecule has 9 heteroatoms. The molecule has 18 heavy (non-hydrogen) atoms. The third-order valence-corrected chi connectivity index (χ3v) is 4.06. The molecule has 0 radical (unpaired) electrons. The molecular weight excluding hydrogens is 390 g/mol. The van der Waals surface area contributed by atoms with Crippen molar-refractivity contribution in [2.75, 3.05) is 30.7 Å². The predicted octanol–water partition coefficient (Wildman–Crippen LogP) is 1.69. The summed E-state index contributed by atoms with van der Waals surface area (Å²) >= 11 is 6.50. The Morgan fingerprint density at radius 3 is 2.61 bits per heavy atom. The molecule has 0 amide bonds. The number of rotatable bonds is 6. The minimum atomic E-state index is -3.67. The van der Waals surface area contributed by atoms with E-state index in [4.69, 9.17) is 10.5 Å².